The Kier molecular flexibility index (Phi) is 6.85. The normalized spacial score (nSPS) is 12.8. The number of nitrogens with zero attached hydrogens (tertiary/aromatic N) is 1. The number of nitrogens with one attached hydrogen (secondary N) is 1. The van der Waals surface area contributed by atoms with Crippen molar-refractivity contribution in [3.05, 3.63) is 63.0 Å². The molecule has 1 N–H and O–H groups in total. The predicted molar refractivity (Wildman–Crippen MR) is 98.2 cm³/mol. The molecule has 26 heavy (non-hydrogen) atoms. The molecule has 1 aromatic carbocycles. The van der Waals surface area contributed by atoms with Gasteiger partial charge in [-0.1, -0.05) is 41.7 Å². The summed E-state index contributed by atoms with van der Waals surface area (Å²) in [6.45, 7) is 3.36. The van der Waals surface area contributed by atoms with Crippen molar-refractivity contribution < 1.29 is 19.2 Å². The monoisotopic (exact) mass is 376 g/mol. The van der Waals surface area contributed by atoms with Crippen molar-refractivity contribution in [2.24, 2.45) is 0 Å². The Morgan fingerprint density at radius 2 is 1.88 bits per heavy atom. The van der Waals surface area contributed by atoms with E-state index in [1.165, 1.54) is 24.6 Å². The molecule has 0 saturated carbocycles. The first-order chi connectivity index (χ1) is 12.4. The Hall–Kier alpha value is -2.74. The maximum atomic E-state index is 12.2. The van der Waals surface area contributed by atoms with Gasteiger partial charge >= 0.3 is 11.0 Å². The van der Waals surface area contributed by atoms with Crippen LogP contribution in [0, 0.1) is 10.1 Å². The second-order valence-corrected chi connectivity index (χ2v) is 6.94. The van der Waals surface area contributed by atoms with Gasteiger partial charge in [0.15, 0.2) is 6.10 Å². The standard InChI is InChI=1S/C18H20N2O5S/c1-12(8-9-14-6-4-3-5-7-14)19-17(21)13(2)25-18(22)15-10-11-16(26-15)20(23)24/h3-7,10-13H,8-9H2,1-2H3,(H,19,21)/t12-,13-/m0/s1. The van der Waals surface area contributed by atoms with E-state index in [0.717, 1.165) is 24.2 Å². The van der Waals surface area contributed by atoms with Crippen LogP contribution >= 0.6 is 11.3 Å². The summed E-state index contributed by atoms with van der Waals surface area (Å²) in [7, 11) is 0. The number of hydrogen-bond acceptors (Lipinski definition) is 6. The van der Waals surface area contributed by atoms with Crippen LogP contribution in [0.1, 0.15) is 35.5 Å². The highest BCUT2D eigenvalue weighted by Gasteiger charge is 2.23. The van der Waals surface area contributed by atoms with E-state index in [1.807, 2.05) is 37.3 Å². The molecule has 2 aromatic rings. The molecular weight excluding hydrogens is 356 g/mol. The van der Waals surface area contributed by atoms with E-state index in [-0.39, 0.29) is 15.9 Å². The van der Waals surface area contributed by atoms with E-state index in [1.54, 1.807) is 0 Å². The number of benzene rings is 1. The summed E-state index contributed by atoms with van der Waals surface area (Å²) < 4.78 is 5.09. The van der Waals surface area contributed by atoms with Crippen LogP contribution in [0.5, 0.6) is 0 Å². The molecule has 7 nitrogen and oxygen atoms in total. The summed E-state index contributed by atoms with van der Waals surface area (Å²) in [5.74, 6) is -1.15. The van der Waals surface area contributed by atoms with E-state index >= 15 is 0 Å². The van der Waals surface area contributed by atoms with Crippen LogP contribution in [0.25, 0.3) is 0 Å². The summed E-state index contributed by atoms with van der Waals surface area (Å²) in [5, 5.41) is 13.3. The predicted octanol–water partition coefficient (Wildman–Crippen LogP) is 3.34. The van der Waals surface area contributed by atoms with Gasteiger partial charge in [-0.05, 0) is 38.3 Å². The minimum atomic E-state index is -0.983. The lowest BCUT2D eigenvalue weighted by molar-refractivity contribution is -0.380. The van der Waals surface area contributed by atoms with Gasteiger partial charge in [0.2, 0.25) is 0 Å². The minimum absolute atomic E-state index is 0.0771. The molecule has 0 aliphatic carbocycles. The summed E-state index contributed by atoms with van der Waals surface area (Å²) >= 11 is 0.717. The number of carbonyl (C=O) groups is 2. The molecule has 2 rings (SSSR count). The Bertz CT molecular complexity index is 775. The molecule has 0 saturated heterocycles. The fourth-order valence-corrected chi connectivity index (χ4v) is 2.97. The third-order valence-corrected chi connectivity index (χ3v) is 4.74. The number of hydrogen-bond donors (Lipinski definition) is 1. The van der Waals surface area contributed by atoms with Crippen molar-refractivity contribution >= 4 is 28.2 Å². The molecule has 0 spiro atoms. The molecule has 1 heterocycles. The van der Waals surface area contributed by atoms with Gasteiger partial charge in [0.25, 0.3) is 5.91 Å². The molecule has 1 amide bonds. The first kappa shape index (κ1) is 19.6. The van der Waals surface area contributed by atoms with Crippen LogP contribution in [-0.4, -0.2) is 28.9 Å². The third kappa shape index (κ3) is 5.66. The largest absolute Gasteiger partial charge is 0.448 e. The maximum Gasteiger partial charge on any atom is 0.349 e. The van der Waals surface area contributed by atoms with Crippen molar-refractivity contribution in [2.45, 2.75) is 38.8 Å². The number of nitro groups is 1. The quantitative estimate of drug-likeness (QED) is 0.433. The number of amides is 1. The summed E-state index contributed by atoms with van der Waals surface area (Å²) in [6.07, 6.45) is 0.603. The third-order valence-electron chi connectivity index (χ3n) is 3.72. The topological polar surface area (TPSA) is 98.5 Å². The zero-order chi connectivity index (χ0) is 19.1. The molecular formula is C18H20N2O5S. The number of thiophene rings is 1. The molecule has 0 aliphatic rings. The molecule has 2 atom stereocenters. The van der Waals surface area contributed by atoms with Crippen molar-refractivity contribution in [1.29, 1.82) is 0 Å². The fraction of sp³-hybridized carbons (Fsp3) is 0.333. The van der Waals surface area contributed by atoms with Gasteiger partial charge in [0.05, 0.1) is 4.92 Å². The van der Waals surface area contributed by atoms with Gasteiger partial charge in [-0.3, -0.25) is 14.9 Å². The molecule has 138 valence electrons. The molecule has 1 aromatic heterocycles. The average Bonchev–Trinajstić information content (AvgIpc) is 3.11. The van der Waals surface area contributed by atoms with Crippen LogP contribution in [0.4, 0.5) is 5.00 Å². The van der Waals surface area contributed by atoms with Crippen molar-refractivity contribution in [2.75, 3.05) is 0 Å². The lowest BCUT2D eigenvalue weighted by Gasteiger charge is -2.17. The Labute approximate surface area is 155 Å². The summed E-state index contributed by atoms with van der Waals surface area (Å²) in [4.78, 5) is 34.3. The fourth-order valence-electron chi connectivity index (χ4n) is 2.27. The SMILES string of the molecule is C[C@H](OC(=O)c1ccc([N+](=O)[O-])s1)C(=O)N[C@@H](C)CCc1ccccc1. The molecule has 0 radical (unpaired) electrons. The average molecular weight is 376 g/mol. The second-order valence-electron chi connectivity index (χ2n) is 5.88. The summed E-state index contributed by atoms with van der Waals surface area (Å²) in [5.41, 5.74) is 1.19. The number of aryl methyl sites for hydroxylation is 1. The van der Waals surface area contributed by atoms with Crippen LogP contribution < -0.4 is 5.32 Å². The van der Waals surface area contributed by atoms with E-state index in [9.17, 15) is 19.7 Å². The highest BCUT2D eigenvalue weighted by molar-refractivity contribution is 7.17. The van der Waals surface area contributed by atoms with Crippen molar-refractivity contribution in [3.63, 3.8) is 0 Å². The lowest BCUT2D eigenvalue weighted by Crippen LogP contribution is -2.40. The van der Waals surface area contributed by atoms with E-state index in [0.29, 0.717) is 0 Å². The Balaban J connectivity index is 1.80. The number of rotatable bonds is 8. The number of carbonyl (C=O) groups excluding carboxylic acids is 2. The molecule has 8 heteroatoms. The smallest absolute Gasteiger partial charge is 0.349 e. The zero-order valence-corrected chi connectivity index (χ0v) is 15.3. The van der Waals surface area contributed by atoms with Gasteiger partial charge in [-0.15, -0.1) is 0 Å². The van der Waals surface area contributed by atoms with Crippen LogP contribution in [-0.2, 0) is 16.0 Å². The van der Waals surface area contributed by atoms with Crippen molar-refractivity contribution in [1.82, 2.24) is 5.32 Å². The van der Waals surface area contributed by atoms with E-state index in [2.05, 4.69) is 5.32 Å². The van der Waals surface area contributed by atoms with Crippen LogP contribution in [0.3, 0.4) is 0 Å². The second kappa shape index (κ2) is 9.10. The first-order valence-corrected chi connectivity index (χ1v) is 8.98. The van der Waals surface area contributed by atoms with Crippen LogP contribution in [0.15, 0.2) is 42.5 Å². The highest BCUT2D eigenvalue weighted by atomic mass is 32.1. The van der Waals surface area contributed by atoms with Gasteiger partial charge < -0.3 is 10.1 Å². The summed E-state index contributed by atoms with van der Waals surface area (Å²) in [6, 6.07) is 12.4. The minimum Gasteiger partial charge on any atom is -0.448 e. The highest BCUT2D eigenvalue weighted by Crippen LogP contribution is 2.24. The lowest BCUT2D eigenvalue weighted by atomic mass is 10.1. The number of ether oxygens (including phenoxy) is 1. The van der Waals surface area contributed by atoms with Gasteiger partial charge in [0, 0.05) is 12.1 Å². The van der Waals surface area contributed by atoms with Gasteiger partial charge in [-0.25, -0.2) is 4.79 Å². The molecule has 0 unspecified atom stereocenters. The van der Waals surface area contributed by atoms with E-state index in [4.69, 9.17) is 4.74 Å². The maximum absolute atomic E-state index is 12.2. The molecule has 0 bridgehead atoms. The molecule has 0 aliphatic heterocycles. The first-order valence-electron chi connectivity index (χ1n) is 8.16. The van der Waals surface area contributed by atoms with Crippen LogP contribution in [0.2, 0.25) is 0 Å². The van der Waals surface area contributed by atoms with E-state index < -0.39 is 22.9 Å². The van der Waals surface area contributed by atoms with Gasteiger partial charge in [0.1, 0.15) is 4.88 Å². The Morgan fingerprint density at radius 3 is 2.50 bits per heavy atom. The zero-order valence-electron chi connectivity index (χ0n) is 14.5. The van der Waals surface area contributed by atoms with Gasteiger partial charge in [-0.2, -0.15) is 0 Å². The van der Waals surface area contributed by atoms with Crippen molar-refractivity contribution in [3.8, 4) is 0 Å². The molecule has 0 fully saturated rings. The number of esters is 1. The Morgan fingerprint density at radius 1 is 1.19 bits per heavy atom.